The number of aromatic nitrogens is 2. The Morgan fingerprint density at radius 1 is 0.821 bits per heavy atom. The smallest absolute Gasteiger partial charge is 0.412 e. The van der Waals surface area contributed by atoms with Crippen molar-refractivity contribution in [1.29, 1.82) is 0 Å². The third-order valence-electron chi connectivity index (χ3n) is 5.51. The van der Waals surface area contributed by atoms with E-state index in [9.17, 15) is 18.8 Å². The Kier molecular flexibility index (Phi) is 8.10. The van der Waals surface area contributed by atoms with E-state index in [-0.39, 0.29) is 11.4 Å². The highest BCUT2D eigenvalue weighted by Crippen LogP contribution is 2.31. The molecule has 0 aliphatic carbocycles. The molecule has 8 nitrogen and oxygen atoms in total. The Morgan fingerprint density at radius 3 is 2.28 bits per heavy atom. The predicted octanol–water partition coefficient (Wildman–Crippen LogP) is 6.51. The molecule has 2 N–H and O–H groups in total. The fourth-order valence-corrected chi connectivity index (χ4v) is 3.80. The Hall–Kier alpha value is -4.92. The van der Waals surface area contributed by atoms with Crippen LogP contribution in [0.4, 0.5) is 20.6 Å². The molecule has 1 aromatic heterocycles. The monoisotopic (exact) mass is 526 g/mol. The minimum Gasteiger partial charge on any atom is -0.444 e. The number of ether oxygens (including phenoxy) is 1. The normalized spacial score (nSPS) is 11.0. The summed E-state index contributed by atoms with van der Waals surface area (Å²) in [7, 11) is 0. The summed E-state index contributed by atoms with van der Waals surface area (Å²) >= 11 is 0. The number of nitrogens with one attached hydrogen (secondary N) is 2. The number of ketones is 1. The second kappa shape index (κ2) is 11.6. The van der Waals surface area contributed by atoms with Crippen molar-refractivity contribution in [2.24, 2.45) is 0 Å². The molecule has 0 radical (unpaired) electrons. The van der Waals surface area contributed by atoms with Crippen molar-refractivity contribution in [1.82, 2.24) is 9.97 Å². The molecule has 0 fully saturated rings. The molecule has 0 atom stereocenters. The molecule has 0 aliphatic rings. The molecule has 0 spiro atoms. The number of Topliss-reactive ketones (excluding diaryl/α,β-unsaturated/α-hetero) is 1. The van der Waals surface area contributed by atoms with Crippen LogP contribution in [0.25, 0.3) is 22.3 Å². The van der Waals surface area contributed by atoms with Crippen LogP contribution in [0.3, 0.4) is 0 Å². The first kappa shape index (κ1) is 27.1. The summed E-state index contributed by atoms with van der Waals surface area (Å²) < 4.78 is 19.8. The van der Waals surface area contributed by atoms with Gasteiger partial charge < -0.3 is 10.1 Å². The van der Waals surface area contributed by atoms with Crippen molar-refractivity contribution in [2.45, 2.75) is 32.8 Å². The van der Waals surface area contributed by atoms with E-state index in [1.165, 1.54) is 24.5 Å². The molecule has 3 aromatic carbocycles. The number of carbonyl (C=O) groups is 3. The lowest BCUT2D eigenvalue weighted by Gasteiger charge is -2.21. The maximum atomic E-state index is 14.5. The number of carbonyl (C=O) groups excluding carboxylic acids is 3. The highest BCUT2D eigenvalue weighted by molar-refractivity contribution is 6.12. The molecule has 0 saturated carbocycles. The number of rotatable bonds is 7. The van der Waals surface area contributed by atoms with Gasteiger partial charge in [-0.15, -0.1) is 0 Å². The van der Waals surface area contributed by atoms with Gasteiger partial charge in [-0.05, 0) is 56.2 Å². The van der Waals surface area contributed by atoms with Crippen LogP contribution in [0.1, 0.15) is 37.6 Å². The molecule has 4 aromatic rings. The van der Waals surface area contributed by atoms with E-state index in [2.05, 4.69) is 20.6 Å². The molecule has 4 rings (SSSR count). The van der Waals surface area contributed by atoms with E-state index in [1.807, 2.05) is 6.07 Å². The molecule has 1 heterocycles. The summed E-state index contributed by atoms with van der Waals surface area (Å²) in [6.45, 7) is 5.17. The molecule has 9 heteroatoms. The first-order valence-electron chi connectivity index (χ1n) is 12.2. The maximum absolute atomic E-state index is 14.5. The highest BCUT2D eigenvalue weighted by atomic mass is 19.1. The number of amides is 2. The number of hydrogen-bond donors (Lipinski definition) is 2. The van der Waals surface area contributed by atoms with Crippen LogP contribution in [-0.4, -0.2) is 33.4 Å². The van der Waals surface area contributed by atoms with Crippen LogP contribution >= 0.6 is 0 Å². The molecule has 0 bridgehead atoms. The number of halogens is 1. The second-order valence-corrected chi connectivity index (χ2v) is 9.72. The van der Waals surface area contributed by atoms with Crippen LogP contribution in [0.5, 0.6) is 0 Å². The average molecular weight is 527 g/mol. The Morgan fingerprint density at radius 2 is 1.56 bits per heavy atom. The molecule has 2 amide bonds. The Labute approximate surface area is 225 Å². The van der Waals surface area contributed by atoms with Gasteiger partial charge in [-0.1, -0.05) is 42.5 Å². The topological polar surface area (TPSA) is 110 Å². The Bertz CT molecular complexity index is 1520. The van der Waals surface area contributed by atoms with Crippen molar-refractivity contribution >= 4 is 29.2 Å². The lowest BCUT2D eigenvalue weighted by molar-refractivity contribution is -0.115. The second-order valence-electron chi connectivity index (χ2n) is 9.72. The van der Waals surface area contributed by atoms with E-state index in [0.717, 1.165) is 11.1 Å². The van der Waals surface area contributed by atoms with Gasteiger partial charge in [-0.2, -0.15) is 0 Å². The molecular weight excluding hydrogens is 499 g/mol. The van der Waals surface area contributed by atoms with Crippen molar-refractivity contribution in [3.63, 3.8) is 0 Å². The largest absolute Gasteiger partial charge is 0.444 e. The van der Waals surface area contributed by atoms with Crippen molar-refractivity contribution in [2.75, 3.05) is 10.6 Å². The van der Waals surface area contributed by atoms with E-state index in [4.69, 9.17) is 4.74 Å². The fourth-order valence-electron chi connectivity index (χ4n) is 3.80. The zero-order valence-corrected chi connectivity index (χ0v) is 21.7. The number of nitrogens with zero attached hydrogens (tertiary/aromatic N) is 2. The van der Waals surface area contributed by atoms with Gasteiger partial charge in [0.15, 0.2) is 5.78 Å². The van der Waals surface area contributed by atoms with Crippen LogP contribution in [-0.2, 0) is 9.53 Å². The third kappa shape index (κ3) is 7.32. The molecular formula is C30H27FN4O4. The quantitative estimate of drug-likeness (QED) is 0.210. The summed E-state index contributed by atoms with van der Waals surface area (Å²) in [4.78, 5) is 46.3. The summed E-state index contributed by atoms with van der Waals surface area (Å²) in [5.74, 6) is -1.45. The van der Waals surface area contributed by atoms with Gasteiger partial charge in [0.1, 0.15) is 17.7 Å². The fraction of sp³-hybridized carbons (Fsp3) is 0.167. The Balaban J connectivity index is 1.56. The SMILES string of the molecule is CC(C)(C)OC(=O)Nc1ccc(-c2ccccc2F)cc1NC(=O)CC(=O)c1cccc(-c2cncnc2)c1. The zero-order valence-electron chi connectivity index (χ0n) is 21.7. The van der Waals surface area contributed by atoms with E-state index >= 15 is 0 Å². The lowest BCUT2D eigenvalue weighted by atomic mass is 10.0. The number of anilines is 2. The maximum Gasteiger partial charge on any atom is 0.412 e. The van der Waals surface area contributed by atoms with Crippen LogP contribution < -0.4 is 10.6 Å². The van der Waals surface area contributed by atoms with E-state index in [0.29, 0.717) is 16.7 Å². The molecule has 0 unspecified atom stereocenters. The molecule has 0 aliphatic heterocycles. The first-order valence-corrected chi connectivity index (χ1v) is 12.2. The minimum atomic E-state index is -0.743. The molecule has 0 saturated heterocycles. The standard InChI is InChI=1S/C30H27FN4O4/c1-30(2,3)39-29(38)35-25-12-11-20(23-9-4-5-10-24(23)31)14-26(25)34-28(37)15-27(36)21-8-6-7-19(13-21)22-16-32-18-33-17-22/h4-14,16-18H,15H2,1-3H3,(H,34,37)(H,35,38). The summed E-state index contributed by atoms with van der Waals surface area (Å²) in [6, 6.07) is 17.7. The molecule has 39 heavy (non-hydrogen) atoms. The third-order valence-corrected chi connectivity index (χ3v) is 5.51. The highest BCUT2D eigenvalue weighted by Gasteiger charge is 2.20. The van der Waals surface area contributed by atoms with Crippen molar-refractivity contribution < 1.29 is 23.5 Å². The van der Waals surface area contributed by atoms with Gasteiger partial charge in [0.2, 0.25) is 5.91 Å². The first-order chi connectivity index (χ1) is 18.6. The van der Waals surface area contributed by atoms with E-state index in [1.54, 1.807) is 75.6 Å². The van der Waals surface area contributed by atoms with Gasteiger partial charge in [0.05, 0.1) is 17.8 Å². The summed E-state index contributed by atoms with van der Waals surface area (Å²) in [6.07, 6.45) is 3.49. The number of hydrogen-bond acceptors (Lipinski definition) is 6. The number of benzene rings is 3. The molecule has 198 valence electrons. The van der Waals surface area contributed by atoms with Gasteiger partial charge in [0, 0.05) is 29.1 Å². The summed E-state index contributed by atoms with van der Waals surface area (Å²) in [5.41, 5.74) is 2.29. The lowest BCUT2D eigenvalue weighted by Crippen LogP contribution is -2.27. The zero-order chi connectivity index (χ0) is 28.0. The predicted molar refractivity (Wildman–Crippen MR) is 147 cm³/mol. The minimum absolute atomic E-state index is 0.189. The van der Waals surface area contributed by atoms with Crippen molar-refractivity contribution in [3.05, 3.63) is 96.8 Å². The summed E-state index contributed by atoms with van der Waals surface area (Å²) in [5, 5.41) is 5.29. The van der Waals surface area contributed by atoms with Gasteiger partial charge >= 0.3 is 6.09 Å². The average Bonchev–Trinajstić information content (AvgIpc) is 2.89. The van der Waals surface area contributed by atoms with Gasteiger partial charge in [0.25, 0.3) is 0 Å². The van der Waals surface area contributed by atoms with Gasteiger partial charge in [-0.3, -0.25) is 14.9 Å². The van der Waals surface area contributed by atoms with E-state index < -0.39 is 35.6 Å². The van der Waals surface area contributed by atoms with Gasteiger partial charge in [-0.25, -0.2) is 19.2 Å². The van der Waals surface area contributed by atoms with Crippen LogP contribution in [0, 0.1) is 5.82 Å². The van der Waals surface area contributed by atoms with Crippen LogP contribution in [0.2, 0.25) is 0 Å². The van der Waals surface area contributed by atoms with Crippen LogP contribution in [0.15, 0.2) is 85.5 Å². The van der Waals surface area contributed by atoms with Crippen molar-refractivity contribution in [3.8, 4) is 22.3 Å².